The minimum Gasteiger partial charge on any atom is -0.507 e. The summed E-state index contributed by atoms with van der Waals surface area (Å²) >= 11 is 0. The average Bonchev–Trinajstić information content (AvgIpc) is 3.04. The van der Waals surface area contributed by atoms with Crippen LogP contribution < -0.4 is 9.64 Å². The SMILES string of the molecule is COc1ccc(/C(O)=C2/C(=O)C(=O)N(c3ccccc3C)C2c2ccccc2)cc1C. The van der Waals surface area contributed by atoms with Gasteiger partial charge in [0, 0.05) is 11.3 Å². The molecule has 1 fully saturated rings. The largest absolute Gasteiger partial charge is 0.507 e. The van der Waals surface area contributed by atoms with Gasteiger partial charge in [0.05, 0.1) is 18.7 Å². The van der Waals surface area contributed by atoms with E-state index < -0.39 is 17.7 Å². The van der Waals surface area contributed by atoms with Gasteiger partial charge >= 0.3 is 0 Å². The van der Waals surface area contributed by atoms with E-state index in [0.29, 0.717) is 17.0 Å². The summed E-state index contributed by atoms with van der Waals surface area (Å²) in [5.74, 6) is -0.886. The first-order valence-corrected chi connectivity index (χ1v) is 10.0. The molecule has 0 bridgehead atoms. The van der Waals surface area contributed by atoms with E-state index in [9.17, 15) is 14.7 Å². The fraction of sp³-hybridized carbons (Fsp3) is 0.154. The number of carbonyl (C=O) groups excluding carboxylic acids is 2. The number of aryl methyl sites for hydroxylation is 2. The number of Topliss-reactive ketones (excluding diaryl/α,β-unsaturated/α-hetero) is 1. The molecule has 3 aromatic carbocycles. The number of benzene rings is 3. The minimum atomic E-state index is -0.732. The van der Waals surface area contributed by atoms with Crippen molar-refractivity contribution in [1.82, 2.24) is 0 Å². The minimum absolute atomic E-state index is 0.0732. The summed E-state index contributed by atoms with van der Waals surface area (Å²) in [7, 11) is 1.57. The summed E-state index contributed by atoms with van der Waals surface area (Å²) in [6, 6.07) is 21.1. The third-order valence-electron chi connectivity index (χ3n) is 5.60. The zero-order valence-electron chi connectivity index (χ0n) is 17.6. The Balaban J connectivity index is 1.95. The maximum Gasteiger partial charge on any atom is 0.300 e. The molecule has 1 unspecified atom stereocenters. The van der Waals surface area contributed by atoms with E-state index in [4.69, 9.17) is 4.74 Å². The third kappa shape index (κ3) is 3.48. The van der Waals surface area contributed by atoms with Crippen LogP contribution in [0, 0.1) is 13.8 Å². The number of hydrogen-bond acceptors (Lipinski definition) is 4. The zero-order chi connectivity index (χ0) is 22.1. The number of ketones is 1. The fourth-order valence-corrected chi connectivity index (χ4v) is 4.05. The lowest BCUT2D eigenvalue weighted by atomic mass is 9.94. The van der Waals surface area contributed by atoms with Crippen molar-refractivity contribution in [2.75, 3.05) is 12.0 Å². The molecule has 156 valence electrons. The molecule has 1 heterocycles. The second-order valence-electron chi connectivity index (χ2n) is 7.55. The Morgan fingerprint density at radius 3 is 2.23 bits per heavy atom. The van der Waals surface area contributed by atoms with Gasteiger partial charge in [-0.3, -0.25) is 14.5 Å². The lowest BCUT2D eigenvalue weighted by Gasteiger charge is -2.26. The normalized spacial score (nSPS) is 17.8. The number of anilines is 1. The molecule has 4 rings (SSSR count). The van der Waals surface area contributed by atoms with Crippen LogP contribution in [0.3, 0.4) is 0 Å². The molecule has 1 N–H and O–H groups in total. The molecule has 0 saturated carbocycles. The van der Waals surface area contributed by atoms with Crippen molar-refractivity contribution in [3.63, 3.8) is 0 Å². The second-order valence-corrected chi connectivity index (χ2v) is 7.55. The maximum atomic E-state index is 13.2. The van der Waals surface area contributed by atoms with E-state index >= 15 is 0 Å². The number of hydrogen-bond donors (Lipinski definition) is 1. The van der Waals surface area contributed by atoms with Gasteiger partial charge in [0.1, 0.15) is 11.5 Å². The smallest absolute Gasteiger partial charge is 0.300 e. The topological polar surface area (TPSA) is 66.8 Å². The molecule has 1 saturated heterocycles. The first-order chi connectivity index (χ1) is 14.9. The Bertz CT molecular complexity index is 1200. The monoisotopic (exact) mass is 413 g/mol. The van der Waals surface area contributed by atoms with E-state index in [1.807, 2.05) is 68.4 Å². The highest BCUT2D eigenvalue weighted by Crippen LogP contribution is 2.43. The summed E-state index contributed by atoms with van der Waals surface area (Å²) in [4.78, 5) is 27.8. The van der Waals surface area contributed by atoms with Gasteiger partial charge in [-0.2, -0.15) is 0 Å². The maximum absolute atomic E-state index is 13.2. The molecule has 1 amide bonds. The first kappa shape index (κ1) is 20.4. The number of ether oxygens (including phenoxy) is 1. The van der Waals surface area contributed by atoms with Crippen molar-refractivity contribution in [1.29, 1.82) is 0 Å². The Kier molecular flexibility index (Phi) is 5.34. The van der Waals surface area contributed by atoms with Gasteiger partial charge in [-0.05, 0) is 54.8 Å². The molecule has 0 aromatic heterocycles. The van der Waals surface area contributed by atoms with Crippen molar-refractivity contribution in [2.24, 2.45) is 0 Å². The van der Waals surface area contributed by atoms with Gasteiger partial charge in [-0.1, -0.05) is 48.5 Å². The number of methoxy groups -OCH3 is 1. The third-order valence-corrected chi connectivity index (χ3v) is 5.60. The zero-order valence-corrected chi connectivity index (χ0v) is 17.6. The molecule has 31 heavy (non-hydrogen) atoms. The summed E-state index contributed by atoms with van der Waals surface area (Å²) in [5, 5.41) is 11.2. The Morgan fingerprint density at radius 1 is 0.903 bits per heavy atom. The number of para-hydroxylation sites is 1. The summed E-state index contributed by atoms with van der Waals surface area (Å²) in [5.41, 5.74) is 3.60. The van der Waals surface area contributed by atoms with Gasteiger partial charge in [-0.25, -0.2) is 0 Å². The molecule has 5 heteroatoms. The van der Waals surface area contributed by atoms with Crippen molar-refractivity contribution < 1.29 is 19.4 Å². The second kappa shape index (κ2) is 8.11. The highest BCUT2D eigenvalue weighted by atomic mass is 16.5. The van der Waals surface area contributed by atoms with Crippen molar-refractivity contribution in [2.45, 2.75) is 19.9 Å². The van der Waals surface area contributed by atoms with Crippen LogP contribution in [0.5, 0.6) is 5.75 Å². The standard InChI is InChI=1S/C26H23NO4/c1-16-9-7-8-12-20(16)27-23(18-10-5-4-6-11-18)22(25(29)26(27)30)24(28)19-13-14-21(31-3)17(2)15-19/h4-15,23,28H,1-3H3/b24-22-. The Morgan fingerprint density at radius 2 is 1.58 bits per heavy atom. The predicted octanol–water partition coefficient (Wildman–Crippen LogP) is 4.94. The number of aliphatic hydroxyl groups is 1. The summed E-state index contributed by atoms with van der Waals surface area (Å²) in [6.45, 7) is 3.75. The Hall–Kier alpha value is -3.86. The van der Waals surface area contributed by atoms with Crippen LogP contribution in [0.4, 0.5) is 5.69 Å². The summed E-state index contributed by atoms with van der Waals surface area (Å²) < 4.78 is 5.29. The van der Waals surface area contributed by atoms with E-state index in [1.54, 1.807) is 25.3 Å². The molecule has 0 radical (unpaired) electrons. The van der Waals surface area contributed by atoms with Gasteiger partial charge in [0.15, 0.2) is 0 Å². The molecule has 1 aliphatic rings. The number of carbonyl (C=O) groups is 2. The van der Waals surface area contributed by atoms with Crippen molar-refractivity contribution in [3.8, 4) is 5.75 Å². The fourth-order valence-electron chi connectivity index (χ4n) is 4.05. The highest BCUT2D eigenvalue weighted by Gasteiger charge is 2.47. The van der Waals surface area contributed by atoms with Crippen LogP contribution in [0.2, 0.25) is 0 Å². The number of rotatable bonds is 4. The van der Waals surface area contributed by atoms with Crippen LogP contribution in [0.15, 0.2) is 78.4 Å². The van der Waals surface area contributed by atoms with Crippen molar-refractivity contribution >= 4 is 23.1 Å². The molecule has 1 aliphatic heterocycles. The van der Waals surface area contributed by atoms with Crippen LogP contribution in [0.1, 0.15) is 28.3 Å². The summed E-state index contributed by atoms with van der Waals surface area (Å²) in [6.07, 6.45) is 0. The lowest BCUT2D eigenvalue weighted by Crippen LogP contribution is -2.30. The van der Waals surface area contributed by atoms with E-state index in [-0.39, 0.29) is 11.3 Å². The lowest BCUT2D eigenvalue weighted by molar-refractivity contribution is -0.132. The molecule has 3 aromatic rings. The van der Waals surface area contributed by atoms with Gasteiger partial charge in [-0.15, -0.1) is 0 Å². The number of amides is 1. The number of aliphatic hydroxyl groups excluding tert-OH is 1. The van der Waals surface area contributed by atoms with Crippen LogP contribution in [-0.4, -0.2) is 23.9 Å². The van der Waals surface area contributed by atoms with Gasteiger partial charge < -0.3 is 9.84 Å². The molecule has 0 aliphatic carbocycles. The number of nitrogens with zero attached hydrogens (tertiary/aromatic N) is 1. The molecule has 5 nitrogen and oxygen atoms in total. The molecule has 1 atom stereocenters. The van der Waals surface area contributed by atoms with Crippen LogP contribution in [-0.2, 0) is 9.59 Å². The van der Waals surface area contributed by atoms with Crippen LogP contribution >= 0.6 is 0 Å². The van der Waals surface area contributed by atoms with E-state index in [2.05, 4.69) is 0 Å². The van der Waals surface area contributed by atoms with Crippen LogP contribution in [0.25, 0.3) is 5.76 Å². The predicted molar refractivity (Wildman–Crippen MR) is 120 cm³/mol. The first-order valence-electron chi connectivity index (χ1n) is 10.0. The molecular formula is C26H23NO4. The van der Waals surface area contributed by atoms with Gasteiger partial charge in [0.2, 0.25) is 0 Å². The quantitative estimate of drug-likeness (QED) is 0.374. The highest BCUT2D eigenvalue weighted by molar-refractivity contribution is 6.51. The molecule has 0 spiro atoms. The van der Waals surface area contributed by atoms with E-state index in [1.165, 1.54) is 4.90 Å². The van der Waals surface area contributed by atoms with Crippen molar-refractivity contribution in [3.05, 3.63) is 101 Å². The van der Waals surface area contributed by atoms with Gasteiger partial charge in [0.25, 0.3) is 11.7 Å². The van der Waals surface area contributed by atoms with E-state index in [0.717, 1.165) is 16.7 Å². The molecular weight excluding hydrogens is 390 g/mol. The Labute approximate surface area is 181 Å². The average molecular weight is 413 g/mol.